The van der Waals surface area contributed by atoms with Crippen LogP contribution >= 0.6 is 34.8 Å². The van der Waals surface area contributed by atoms with Gasteiger partial charge < -0.3 is 4.74 Å². The molecule has 0 aromatic carbocycles. The molecule has 0 spiro atoms. The van der Waals surface area contributed by atoms with Crippen LogP contribution in [0.1, 0.15) is 13.3 Å². The van der Waals surface area contributed by atoms with Crippen LogP contribution in [0.3, 0.4) is 0 Å². The van der Waals surface area contributed by atoms with Crippen LogP contribution in [0.2, 0.25) is 6.04 Å². The van der Waals surface area contributed by atoms with Crippen molar-refractivity contribution in [1.29, 1.82) is 0 Å². The van der Waals surface area contributed by atoms with Gasteiger partial charge in [-0.15, -0.1) is 0 Å². The highest BCUT2D eigenvalue weighted by Gasteiger charge is 2.18. The first kappa shape index (κ1) is 12.0. The molecule has 5 heteroatoms. The van der Waals surface area contributed by atoms with Crippen molar-refractivity contribution in [1.82, 2.24) is 0 Å². The highest BCUT2D eigenvalue weighted by molar-refractivity contribution is 6.87. The van der Waals surface area contributed by atoms with Crippen LogP contribution in [0.4, 0.5) is 0 Å². The Morgan fingerprint density at radius 1 is 1.36 bits per heavy atom. The SMILES string of the molecule is CCOCCC[SiH2]C(Cl)(Cl)Cl. The average molecular weight is 236 g/mol. The van der Waals surface area contributed by atoms with Crippen molar-refractivity contribution in [2.75, 3.05) is 13.2 Å². The maximum atomic E-state index is 5.60. The van der Waals surface area contributed by atoms with E-state index in [9.17, 15) is 0 Å². The van der Waals surface area contributed by atoms with Crippen molar-refractivity contribution in [2.45, 2.75) is 22.8 Å². The lowest BCUT2D eigenvalue weighted by atomic mass is 10.5. The highest BCUT2D eigenvalue weighted by atomic mass is 35.6. The average Bonchev–Trinajstić information content (AvgIpc) is 1.85. The zero-order valence-electron chi connectivity index (χ0n) is 6.58. The fourth-order valence-corrected chi connectivity index (χ4v) is 2.73. The first-order chi connectivity index (χ1) is 5.06. The van der Waals surface area contributed by atoms with Crippen molar-refractivity contribution in [2.24, 2.45) is 0 Å². The van der Waals surface area contributed by atoms with Crippen LogP contribution in [-0.2, 0) is 4.74 Å². The van der Waals surface area contributed by atoms with Crippen LogP contribution < -0.4 is 0 Å². The van der Waals surface area contributed by atoms with Gasteiger partial charge in [-0.05, 0) is 13.3 Å². The van der Waals surface area contributed by atoms with Crippen molar-refractivity contribution < 1.29 is 4.74 Å². The van der Waals surface area contributed by atoms with E-state index in [1.54, 1.807) is 0 Å². The molecular weight excluding hydrogens is 223 g/mol. The van der Waals surface area contributed by atoms with Gasteiger partial charge in [0.25, 0.3) is 0 Å². The first-order valence-corrected chi connectivity index (χ1v) is 6.55. The van der Waals surface area contributed by atoms with E-state index in [0.29, 0.717) is 0 Å². The van der Waals surface area contributed by atoms with Gasteiger partial charge in [0.1, 0.15) is 0 Å². The van der Waals surface area contributed by atoms with E-state index in [0.717, 1.165) is 25.7 Å². The second-order valence-electron chi connectivity index (χ2n) is 2.27. The van der Waals surface area contributed by atoms with Gasteiger partial charge >= 0.3 is 0 Å². The summed E-state index contributed by atoms with van der Waals surface area (Å²) in [6.07, 6.45) is 1.02. The van der Waals surface area contributed by atoms with Crippen LogP contribution in [0.5, 0.6) is 0 Å². The number of ether oxygens (including phenoxy) is 1. The normalized spacial score (nSPS) is 13.1. The third kappa shape index (κ3) is 11.0. The molecule has 0 saturated carbocycles. The maximum Gasteiger partial charge on any atom is 0.169 e. The van der Waals surface area contributed by atoms with E-state index < -0.39 is 12.9 Å². The Kier molecular flexibility index (Phi) is 7.17. The molecule has 0 radical (unpaired) electrons. The van der Waals surface area contributed by atoms with Gasteiger partial charge in [0, 0.05) is 13.2 Å². The van der Waals surface area contributed by atoms with Crippen molar-refractivity contribution >= 4 is 44.3 Å². The summed E-state index contributed by atoms with van der Waals surface area (Å²) in [5, 5.41) is 0. The van der Waals surface area contributed by atoms with E-state index in [1.807, 2.05) is 6.92 Å². The Labute approximate surface area is 85.2 Å². The van der Waals surface area contributed by atoms with E-state index >= 15 is 0 Å². The zero-order valence-corrected chi connectivity index (χ0v) is 10.3. The number of halogens is 3. The van der Waals surface area contributed by atoms with Gasteiger partial charge in [-0.25, -0.2) is 0 Å². The monoisotopic (exact) mass is 234 g/mol. The van der Waals surface area contributed by atoms with Gasteiger partial charge in [0.15, 0.2) is 3.42 Å². The molecule has 0 fully saturated rings. The number of alkyl halides is 3. The van der Waals surface area contributed by atoms with Crippen LogP contribution in [-0.4, -0.2) is 26.1 Å². The van der Waals surface area contributed by atoms with Gasteiger partial charge in [0.05, 0.1) is 9.52 Å². The Hall–Kier alpha value is 1.05. The third-order valence-corrected chi connectivity index (χ3v) is 4.32. The fourth-order valence-electron chi connectivity index (χ4n) is 0.674. The third-order valence-electron chi connectivity index (χ3n) is 1.20. The molecule has 0 unspecified atom stereocenters. The quantitative estimate of drug-likeness (QED) is 0.404. The summed E-state index contributed by atoms with van der Waals surface area (Å²) in [7, 11) is -0.562. The van der Waals surface area contributed by atoms with Crippen molar-refractivity contribution in [3.8, 4) is 0 Å². The summed E-state index contributed by atoms with van der Waals surface area (Å²) in [4.78, 5) is 0. The molecule has 0 atom stereocenters. The largest absolute Gasteiger partial charge is 0.382 e. The molecule has 0 rings (SSSR count). The lowest BCUT2D eigenvalue weighted by Gasteiger charge is -2.08. The van der Waals surface area contributed by atoms with Crippen molar-refractivity contribution in [3.05, 3.63) is 0 Å². The number of hydrogen-bond acceptors (Lipinski definition) is 1. The van der Waals surface area contributed by atoms with E-state index in [4.69, 9.17) is 39.5 Å². The first-order valence-electron chi connectivity index (χ1n) is 3.70. The summed E-state index contributed by atoms with van der Waals surface area (Å²) >= 11 is 16.8. The molecule has 0 saturated heterocycles. The standard InChI is InChI=1S/C6H13Cl3OSi/c1-2-10-4-3-5-11-6(7,8)9/h2-5,11H2,1H3. The van der Waals surface area contributed by atoms with Gasteiger partial charge in [-0.3, -0.25) is 0 Å². The molecule has 11 heavy (non-hydrogen) atoms. The maximum absolute atomic E-state index is 5.60. The minimum Gasteiger partial charge on any atom is -0.382 e. The van der Waals surface area contributed by atoms with Gasteiger partial charge in [0.2, 0.25) is 0 Å². The Bertz CT molecular complexity index is 94.3. The summed E-state index contributed by atoms with van der Waals surface area (Å²) in [5.74, 6) is 0. The molecule has 0 aliphatic heterocycles. The molecule has 0 bridgehead atoms. The Balaban J connectivity index is 3.02. The minimum atomic E-state index is -0.952. The molecule has 0 aliphatic carbocycles. The van der Waals surface area contributed by atoms with E-state index in [1.165, 1.54) is 0 Å². The Morgan fingerprint density at radius 3 is 2.45 bits per heavy atom. The number of hydrogen-bond donors (Lipinski definition) is 0. The molecule has 0 heterocycles. The molecule has 0 aliphatic rings. The summed E-state index contributed by atoms with van der Waals surface area (Å²) < 4.78 is 4.19. The van der Waals surface area contributed by atoms with Gasteiger partial charge in [-0.1, -0.05) is 40.8 Å². The van der Waals surface area contributed by atoms with Crippen LogP contribution in [0, 0.1) is 0 Å². The summed E-state index contributed by atoms with van der Waals surface area (Å²) in [5.41, 5.74) is 0. The van der Waals surface area contributed by atoms with Gasteiger partial charge in [-0.2, -0.15) is 0 Å². The lowest BCUT2D eigenvalue weighted by Crippen LogP contribution is -2.13. The highest BCUT2D eigenvalue weighted by Crippen LogP contribution is 2.25. The molecular formula is C6H13Cl3OSi. The topological polar surface area (TPSA) is 9.23 Å². The summed E-state index contributed by atoms with van der Waals surface area (Å²) in [6, 6.07) is 1.04. The smallest absolute Gasteiger partial charge is 0.169 e. The molecule has 1 nitrogen and oxygen atoms in total. The Morgan fingerprint density at radius 2 is 2.00 bits per heavy atom. The van der Waals surface area contributed by atoms with Crippen molar-refractivity contribution in [3.63, 3.8) is 0 Å². The number of rotatable bonds is 5. The second kappa shape index (κ2) is 6.55. The molecule has 0 N–H and O–H groups in total. The molecule has 0 aromatic heterocycles. The minimum absolute atomic E-state index is 0.562. The predicted molar refractivity (Wildman–Crippen MR) is 54.8 cm³/mol. The molecule has 0 amide bonds. The van der Waals surface area contributed by atoms with Crippen LogP contribution in [0.15, 0.2) is 0 Å². The fraction of sp³-hybridized carbons (Fsp3) is 1.00. The van der Waals surface area contributed by atoms with E-state index in [-0.39, 0.29) is 0 Å². The lowest BCUT2D eigenvalue weighted by molar-refractivity contribution is 0.148. The summed E-state index contributed by atoms with van der Waals surface area (Å²) in [6.45, 7) is 3.55. The zero-order chi connectivity index (χ0) is 8.74. The second-order valence-corrected chi connectivity index (χ2v) is 8.40. The van der Waals surface area contributed by atoms with E-state index in [2.05, 4.69) is 0 Å². The predicted octanol–water partition coefficient (Wildman–Crippen LogP) is 2.33. The molecule has 68 valence electrons. The molecule has 0 aromatic rings. The van der Waals surface area contributed by atoms with Crippen LogP contribution in [0.25, 0.3) is 0 Å².